The summed E-state index contributed by atoms with van der Waals surface area (Å²) >= 11 is 0. The molecular weight excluding hydrogens is 296 g/mol. The van der Waals surface area contributed by atoms with E-state index in [0.29, 0.717) is 11.7 Å². The zero-order valence-electron chi connectivity index (χ0n) is 13.6. The summed E-state index contributed by atoms with van der Waals surface area (Å²) in [5.41, 5.74) is -0.138. The molecule has 0 saturated carbocycles. The molecule has 3 unspecified atom stereocenters. The third-order valence-electron chi connectivity index (χ3n) is 5.06. The van der Waals surface area contributed by atoms with E-state index in [1.807, 2.05) is 6.08 Å². The van der Waals surface area contributed by atoms with Gasteiger partial charge < -0.3 is 10.1 Å². The summed E-state index contributed by atoms with van der Waals surface area (Å²) in [7, 11) is 0. The number of hydrogen-bond acceptors (Lipinski definition) is 2. The highest BCUT2D eigenvalue weighted by atomic mass is 19.1. The summed E-state index contributed by atoms with van der Waals surface area (Å²) in [6.07, 6.45) is 12.5. The zero-order valence-corrected chi connectivity index (χ0v) is 13.6. The molecule has 1 heterocycles. The summed E-state index contributed by atoms with van der Waals surface area (Å²) in [6, 6.07) is 0. The van der Waals surface area contributed by atoms with Crippen molar-refractivity contribution < 1.29 is 13.5 Å². The second-order valence-corrected chi connectivity index (χ2v) is 7.01. The van der Waals surface area contributed by atoms with Crippen molar-refractivity contribution in [1.29, 1.82) is 0 Å². The molecule has 1 saturated heterocycles. The molecule has 0 aromatic heterocycles. The summed E-state index contributed by atoms with van der Waals surface area (Å²) in [4.78, 5) is 0. The molecule has 3 rings (SSSR count). The average molecular weight is 321 g/mol. The van der Waals surface area contributed by atoms with Gasteiger partial charge in [-0.3, -0.25) is 0 Å². The topological polar surface area (TPSA) is 21.3 Å². The van der Waals surface area contributed by atoms with Gasteiger partial charge >= 0.3 is 0 Å². The van der Waals surface area contributed by atoms with Gasteiger partial charge in [-0.15, -0.1) is 0 Å². The van der Waals surface area contributed by atoms with Crippen LogP contribution in [0.4, 0.5) is 8.78 Å². The maximum absolute atomic E-state index is 13.6. The zero-order chi connectivity index (χ0) is 16.3. The Morgan fingerprint density at radius 1 is 1.30 bits per heavy atom. The highest BCUT2D eigenvalue weighted by molar-refractivity contribution is 5.24. The van der Waals surface area contributed by atoms with Crippen LogP contribution in [0.1, 0.15) is 32.6 Å². The van der Waals surface area contributed by atoms with Gasteiger partial charge in [-0.05, 0) is 44.3 Å². The van der Waals surface area contributed by atoms with Crippen molar-refractivity contribution in [3.8, 4) is 0 Å². The largest absolute Gasteiger partial charge is 0.493 e. The van der Waals surface area contributed by atoms with Gasteiger partial charge in [-0.2, -0.15) is 0 Å². The lowest BCUT2D eigenvalue weighted by atomic mass is 9.71. The van der Waals surface area contributed by atoms with Gasteiger partial charge in [0.2, 0.25) is 0 Å². The molecule has 3 aliphatic rings. The van der Waals surface area contributed by atoms with E-state index in [2.05, 4.69) is 30.5 Å². The molecule has 3 atom stereocenters. The minimum Gasteiger partial charge on any atom is -0.493 e. The van der Waals surface area contributed by atoms with Gasteiger partial charge in [0, 0.05) is 17.9 Å². The predicted molar refractivity (Wildman–Crippen MR) is 88.3 cm³/mol. The maximum atomic E-state index is 13.6. The molecule has 1 fully saturated rings. The monoisotopic (exact) mass is 321 g/mol. The minimum absolute atomic E-state index is 0.0600. The molecule has 2 aliphatic carbocycles. The first kappa shape index (κ1) is 16.4. The molecule has 126 valence electrons. The summed E-state index contributed by atoms with van der Waals surface area (Å²) in [6.45, 7) is 4.13. The quantitative estimate of drug-likeness (QED) is 0.830. The SMILES string of the molecule is CC1(C(OC2=CC(F)=CC(F)C2)C2CCNCC2)C=CC=CC1. The normalized spacial score (nSPS) is 33.1. The van der Waals surface area contributed by atoms with Gasteiger partial charge in [0.05, 0.1) is 0 Å². The van der Waals surface area contributed by atoms with E-state index in [-0.39, 0.29) is 17.9 Å². The molecule has 1 aliphatic heterocycles. The van der Waals surface area contributed by atoms with Crippen molar-refractivity contribution in [3.63, 3.8) is 0 Å². The standard InChI is InChI=1S/C19H25F2NO/c1-19(7-3-2-4-8-19)18(14-5-9-22-10-6-14)23-17-12-15(20)11-16(21)13-17/h2-4,7,11-12,14,16,18,22H,5-6,8-10,13H2,1H3. The Kier molecular flexibility index (Phi) is 5.00. The lowest BCUT2D eigenvalue weighted by Gasteiger charge is -2.42. The number of allylic oxidation sites excluding steroid dienone is 7. The molecule has 2 nitrogen and oxygen atoms in total. The smallest absolute Gasteiger partial charge is 0.128 e. The van der Waals surface area contributed by atoms with Gasteiger partial charge in [-0.1, -0.05) is 31.2 Å². The van der Waals surface area contributed by atoms with Gasteiger partial charge in [0.1, 0.15) is 23.9 Å². The molecule has 1 N–H and O–H groups in total. The summed E-state index contributed by atoms with van der Waals surface area (Å²) in [5.74, 6) is 0.294. The number of ether oxygens (including phenoxy) is 1. The fourth-order valence-electron chi connectivity index (χ4n) is 3.80. The molecule has 23 heavy (non-hydrogen) atoms. The summed E-state index contributed by atoms with van der Waals surface area (Å²) < 4.78 is 33.4. The first-order chi connectivity index (χ1) is 11.1. The fraction of sp³-hybridized carbons (Fsp3) is 0.579. The molecule has 0 radical (unpaired) electrons. The van der Waals surface area contributed by atoms with Crippen molar-refractivity contribution in [1.82, 2.24) is 5.32 Å². The molecule has 0 aromatic carbocycles. The van der Waals surface area contributed by atoms with E-state index in [4.69, 9.17) is 4.74 Å². The molecule has 0 aromatic rings. The molecule has 0 bridgehead atoms. The summed E-state index contributed by atoms with van der Waals surface area (Å²) in [5, 5.41) is 3.37. The molecule has 0 spiro atoms. The van der Waals surface area contributed by atoms with Crippen molar-refractivity contribution in [2.75, 3.05) is 13.1 Å². The third-order valence-corrected chi connectivity index (χ3v) is 5.06. The Morgan fingerprint density at radius 2 is 2.09 bits per heavy atom. The Hall–Kier alpha value is -1.42. The van der Waals surface area contributed by atoms with Crippen LogP contribution in [0.25, 0.3) is 0 Å². The first-order valence-corrected chi connectivity index (χ1v) is 8.50. The average Bonchev–Trinajstić information content (AvgIpc) is 2.53. The van der Waals surface area contributed by atoms with Crippen LogP contribution >= 0.6 is 0 Å². The maximum Gasteiger partial charge on any atom is 0.128 e. The lowest BCUT2D eigenvalue weighted by molar-refractivity contribution is -0.0263. The van der Waals surface area contributed by atoms with Gasteiger partial charge in [-0.25, -0.2) is 8.78 Å². The highest BCUT2D eigenvalue weighted by Crippen LogP contribution is 2.41. The van der Waals surface area contributed by atoms with E-state index in [9.17, 15) is 8.78 Å². The highest BCUT2D eigenvalue weighted by Gasteiger charge is 2.40. The minimum atomic E-state index is -1.29. The Morgan fingerprint density at radius 3 is 2.74 bits per heavy atom. The van der Waals surface area contributed by atoms with E-state index in [1.165, 1.54) is 6.08 Å². The van der Waals surface area contributed by atoms with Crippen molar-refractivity contribution >= 4 is 0 Å². The Labute approximate surface area is 137 Å². The predicted octanol–water partition coefficient (Wildman–Crippen LogP) is 4.37. The number of nitrogens with one attached hydrogen (secondary N) is 1. The third kappa shape index (κ3) is 3.92. The van der Waals surface area contributed by atoms with Crippen LogP contribution < -0.4 is 5.32 Å². The van der Waals surface area contributed by atoms with E-state index in [0.717, 1.165) is 38.4 Å². The number of rotatable bonds is 4. The van der Waals surface area contributed by atoms with Crippen molar-refractivity contribution in [2.45, 2.75) is 44.9 Å². The van der Waals surface area contributed by atoms with E-state index in [1.54, 1.807) is 0 Å². The van der Waals surface area contributed by atoms with Crippen LogP contribution in [0, 0.1) is 11.3 Å². The lowest BCUT2D eigenvalue weighted by Crippen LogP contribution is -2.44. The van der Waals surface area contributed by atoms with E-state index < -0.39 is 12.0 Å². The van der Waals surface area contributed by atoms with Crippen molar-refractivity contribution in [3.05, 3.63) is 48.0 Å². The van der Waals surface area contributed by atoms with Crippen LogP contribution in [0.2, 0.25) is 0 Å². The first-order valence-electron chi connectivity index (χ1n) is 8.50. The number of hydrogen-bond donors (Lipinski definition) is 1. The Bertz CT molecular complexity index is 546. The van der Waals surface area contributed by atoms with Gasteiger partial charge in [0.25, 0.3) is 0 Å². The van der Waals surface area contributed by atoms with Crippen LogP contribution in [0.15, 0.2) is 48.0 Å². The number of halogens is 2. The van der Waals surface area contributed by atoms with Crippen LogP contribution in [0.3, 0.4) is 0 Å². The molecule has 4 heteroatoms. The van der Waals surface area contributed by atoms with Crippen LogP contribution in [0.5, 0.6) is 0 Å². The van der Waals surface area contributed by atoms with E-state index >= 15 is 0 Å². The number of piperidine rings is 1. The van der Waals surface area contributed by atoms with Crippen LogP contribution in [-0.2, 0) is 4.74 Å². The van der Waals surface area contributed by atoms with Gasteiger partial charge in [0.15, 0.2) is 0 Å². The fourth-order valence-corrected chi connectivity index (χ4v) is 3.80. The number of alkyl halides is 1. The Balaban J connectivity index is 1.82. The van der Waals surface area contributed by atoms with Crippen LogP contribution in [-0.4, -0.2) is 25.4 Å². The second kappa shape index (κ2) is 7.00. The van der Waals surface area contributed by atoms with Crippen molar-refractivity contribution in [2.24, 2.45) is 11.3 Å². The molecule has 0 amide bonds. The second-order valence-electron chi connectivity index (χ2n) is 7.01. The molecular formula is C19H25F2NO.